The fraction of sp³-hybridized carbons (Fsp3) is 0.357. The fourth-order valence-electron chi connectivity index (χ4n) is 1.87. The van der Waals surface area contributed by atoms with Crippen molar-refractivity contribution in [3.8, 4) is 10.6 Å². The normalized spacial score (nSPS) is 12.6. The van der Waals surface area contributed by atoms with Crippen molar-refractivity contribution in [1.29, 1.82) is 0 Å². The van der Waals surface area contributed by atoms with Gasteiger partial charge in [-0.05, 0) is 31.9 Å². The first kappa shape index (κ1) is 13.6. The zero-order chi connectivity index (χ0) is 13.0. The van der Waals surface area contributed by atoms with Gasteiger partial charge in [0.05, 0.1) is 5.69 Å². The van der Waals surface area contributed by atoms with Gasteiger partial charge in [0.25, 0.3) is 0 Å². The van der Waals surface area contributed by atoms with Gasteiger partial charge >= 0.3 is 0 Å². The Morgan fingerprint density at radius 2 is 2.06 bits per heavy atom. The molecule has 1 heterocycles. The molecule has 0 aliphatic heterocycles. The van der Waals surface area contributed by atoms with Gasteiger partial charge in [0.1, 0.15) is 5.01 Å². The number of nitrogens with one attached hydrogen (secondary N) is 1. The van der Waals surface area contributed by atoms with Gasteiger partial charge in [0.15, 0.2) is 0 Å². The van der Waals surface area contributed by atoms with Crippen LogP contribution < -0.4 is 5.32 Å². The number of hydrogen-bond acceptors (Lipinski definition) is 4. The molecule has 0 fully saturated rings. The minimum atomic E-state index is 0.362. The molecular weight excluding hydrogens is 260 g/mol. The average Bonchev–Trinajstić information content (AvgIpc) is 2.90. The number of benzene rings is 1. The predicted octanol–water partition coefficient (Wildman–Crippen LogP) is 4.20. The van der Waals surface area contributed by atoms with Gasteiger partial charge in [-0.15, -0.1) is 23.1 Å². The summed E-state index contributed by atoms with van der Waals surface area (Å²) in [6.07, 6.45) is 3.15. The van der Waals surface area contributed by atoms with Crippen molar-refractivity contribution < 1.29 is 0 Å². The molecule has 4 heteroatoms. The predicted molar refractivity (Wildman–Crippen MR) is 81.4 cm³/mol. The molecule has 2 aromatic rings. The summed E-state index contributed by atoms with van der Waals surface area (Å²) < 4.78 is 0. The van der Waals surface area contributed by atoms with Crippen LogP contribution >= 0.6 is 23.1 Å². The second kappa shape index (κ2) is 6.36. The van der Waals surface area contributed by atoms with E-state index in [0.717, 1.165) is 17.1 Å². The lowest BCUT2D eigenvalue weighted by atomic mass is 10.2. The summed E-state index contributed by atoms with van der Waals surface area (Å²) >= 11 is 3.48. The number of rotatable bonds is 5. The van der Waals surface area contributed by atoms with E-state index in [1.54, 1.807) is 23.1 Å². The molecule has 2 nitrogen and oxygen atoms in total. The van der Waals surface area contributed by atoms with Gasteiger partial charge in [-0.2, -0.15) is 0 Å². The molecule has 1 unspecified atom stereocenters. The third-order valence-corrected chi connectivity index (χ3v) is 4.63. The highest BCUT2D eigenvalue weighted by atomic mass is 32.2. The maximum absolute atomic E-state index is 4.73. The van der Waals surface area contributed by atoms with Crippen LogP contribution in [-0.4, -0.2) is 18.3 Å². The van der Waals surface area contributed by atoms with E-state index in [9.17, 15) is 0 Å². The van der Waals surface area contributed by atoms with Gasteiger partial charge < -0.3 is 5.32 Å². The fourth-order valence-corrected chi connectivity index (χ4v) is 3.16. The Bertz CT molecular complexity index is 487. The van der Waals surface area contributed by atoms with E-state index in [1.807, 2.05) is 7.05 Å². The highest BCUT2D eigenvalue weighted by Crippen LogP contribution is 2.28. The second-order valence-corrected chi connectivity index (χ2v) is 5.79. The molecule has 1 aromatic carbocycles. The third-order valence-electron chi connectivity index (χ3n) is 2.97. The molecule has 0 aliphatic carbocycles. The lowest BCUT2D eigenvalue weighted by Gasteiger charge is -2.09. The first-order chi connectivity index (χ1) is 8.78. The first-order valence-corrected chi connectivity index (χ1v) is 8.16. The quantitative estimate of drug-likeness (QED) is 0.830. The van der Waals surface area contributed by atoms with Crippen molar-refractivity contribution in [2.24, 2.45) is 0 Å². The Labute approximate surface area is 117 Å². The van der Waals surface area contributed by atoms with E-state index in [4.69, 9.17) is 4.98 Å². The van der Waals surface area contributed by atoms with Crippen LogP contribution in [0.15, 0.2) is 34.5 Å². The summed E-state index contributed by atoms with van der Waals surface area (Å²) in [7, 11) is 1.99. The molecular formula is C14H18N2S2. The molecule has 96 valence electrons. The zero-order valence-corrected chi connectivity index (χ0v) is 12.6. The summed E-state index contributed by atoms with van der Waals surface area (Å²) in [6.45, 7) is 2.17. The third kappa shape index (κ3) is 2.94. The summed E-state index contributed by atoms with van der Waals surface area (Å²) in [5.74, 6) is 0. The molecule has 0 bridgehead atoms. The van der Waals surface area contributed by atoms with Gasteiger partial charge in [-0.3, -0.25) is 0 Å². The van der Waals surface area contributed by atoms with Gasteiger partial charge in [-0.25, -0.2) is 4.98 Å². The van der Waals surface area contributed by atoms with Crippen LogP contribution in [0.3, 0.4) is 0 Å². The molecule has 0 aliphatic rings. The molecule has 0 saturated heterocycles. The Kier molecular flexibility index (Phi) is 4.80. The van der Waals surface area contributed by atoms with E-state index in [2.05, 4.69) is 48.1 Å². The Balaban J connectivity index is 2.23. The molecule has 0 spiro atoms. The van der Waals surface area contributed by atoms with Gasteiger partial charge in [0.2, 0.25) is 0 Å². The van der Waals surface area contributed by atoms with Crippen LogP contribution in [0.5, 0.6) is 0 Å². The molecule has 1 aromatic heterocycles. The van der Waals surface area contributed by atoms with Crippen LogP contribution in [-0.2, 0) is 0 Å². The lowest BCUT2D eigenvalue weighted by molar-refractivity contribution is 0.565. The molecule has 0 radical (unpaired) electrons. The minimum absolute atomic E-state index is 0.362. The van der Waals surface area contributed by atoms with Crippen molar-refractivity contribution >= 4 is 23.1 Å². The van der Waals surface area contributed by atoms with E-state index in [1.165, 1.54) is 10.5 Å². The first-order valence-electron chi connectivity index (χ1n) is 6.05. The molecule has 1 atom stereocenters. The molecule has 0 saturated carbocycles. The smallest absolute Gasteiger partial charge is 0.123 e. The van der Waals surface area contributed by atoms with Crippen molar-refractivity contribution in [3.05, 3.63) is 35.3 Å². The molecule has 0 amide bonds. The SMILES string of the molecule is CCC(NC)c1csc(-c2ccc(SC)cc2)n1. The average molecular weight is 278 g/mol. The Hall–Kier alpha value is -0.840. The standard InChI is InChI=1S/C14H18N2S2/c1-4-12(15-2)13-9-18-14(16-13)10-5-7-11(17-3)8-6-10/h5-9,12,15H,4H2,1-3H3. The Morgan fingerprint density at radius 1 is 1.33 bits per heavy atom. The van der Waals surface area contributed by atoms with E-state index >= 15 is 0 Å². The Morgan fingerprint density at radius 3 is 2.61 bits per heavy atom. The maximum Gasteiger partial charge on any atom is 0.123 e. The summed E-state index contributed by atoms with van der Waals surface area (Å²) in [4.78, 5) is 6.02. The van der Waals surface area contributed by atoms with E-state index < -0.39 is 0 Å². The van der Waals surface area contributed by atoms with Crippen LogP contribution in [0, 0.1) is 0 Å². The highest BCUT2D eigenvalue weighted by molar-refractivity contribution is 7.98. The van der Waals surface area contributed by atoms with Crippen LogP contribution in [0.2, 0.25) is 0 Å². The number of thioether (sulfide) groups is 1. The largest absolute Gasteiger partial charge is 0.312 e. The van der Waals surface area contributed by atoms with Crippen molar-refractivity contribution in [3.63, 3.8) is 0 Å². The zero-order valence-electron chi connectivity index (χ0n) is 10.9. The summed E-state index contributed by atoms with van der Waals surface area (Å²) in [6, 6.07) is 8.96. The van der Waals surface area contributed by atoms with E-state index in [-0.39, 0.29) is 0 Å². The van der Waals surface area contributed by atoms with Crippen molar-refractivity contribution in [2.45, 2.75) is 24.3 Å². The summed E-state index contributed by atoms with van der Waals surface area (Å²) in [5.41, 5.74) is 2.35. The molecule has 1 N–H and O–H groups in total. The second-order valence-electron chi connectivity index (χ2n) is 4.06. The minimum Gasteiger partial charge on any atom is -0.312 e. The van der Waals surface area contributed by atoms with Crippen LogP contribution in [0.4, 0.5) is 0 Å². The number of thiazole rings is 1. The monoisotopic (exact) mass is 278 g/mol. The molecule has 18 heavy (non-hydrogen) atoms. The number of aromatic nitrogens is 1. The number of hydrogen-bond donors (Lipinski definition) is 1. The van der Waals surface area contributed by atoms with Crippen LogP contribution in [0.25, 0.3) is 10.6 Å². The van der Waals surface area contributed by atoms with E-state index in [0.29, 0.717) is 6.04 Å². The summed E-state index contributed by atoms with van der Waals surface area (Å²) in [5, 5.41) is 6.55. The van der Waals surface area contributed by atoms with Crippen LogP contribution in [0.1, 0.15) is 25.1 Å². The maximum atomic E-state index is 4.73. The highest BCUT2D eigenvalue weighted by Gasteiger charge is 2.11. The lowest BCUT2D eigenvalue weighted by Crippen LogP contribution is -2.15. The van der Waals surface area contributed by atoms with Gasteiger partial charge in [0, 0.05) is 21.9 Å². The van der Waals surface area contributed by atoms with Gasteiger partial charge in [-0.1, -0.05) is 19.1 Å². The number of nitrogens with zero attached hydrogens (tertiary/aromatic N) is 1. The van der Waals surface area contributed by atoms with Crippen molar-refractivity contribution in [2.75, 3.05) is 13.3 Å². The topological polar surface area (TPSA) is 24.9 Å². The van der Waals surface area contributed by atoms with Crippen molar-refractivity contribution in [1.82, 2.24) is 10.3 Å². The molecule has 2 rings (SSSR count).